The van der Waals surface area contributed by atoms with Gasteiger partial charge >= 0.3 is 0 Å². The van der Waals surface area contributed by atoms with E-state index in [1.165, 1.54) is 34.8 Å². The van der Waals surface area contributed by atoms with E-state index in [1.807, 2.05) is 31.2 Å². The summed E-state index contributed by atoms with van der Waals surface area (Å²) in [4.78, 5) is 16.6. The summed E-state index contributed by atoms with van der Waals surface area (Å²) in [6.45, 7) is 2.01. The minimum absolute atomic E-state index is 0.263. The van der Waals surface area contributed by atoms with Crippen LogP contribution in [0.2, 0.25) is 0 Å². The lowest BCUT2D eigenvalue weighted by Gasteiger charge is -2.08. The molecule has 0 aliphatic rings. The van der Waals surface area contributed by atoms with Crippen LogP contribution in [0.5, 0.6) is 0 Å². The number of hydrogen-bond donors (Lipinski definition) is 0. The lowest BCUT2D eigenvalue weighted by atomic mass is 10.1. The molecule has 0 bridgehead atoms. The highest BCUT2D eigenvalue weighted by atomic mass is 32.2. The summed E-state index contributed by atoms with van der Waals surface area (Å²) in [5, 5.41) is 0.311. The quantitative estimate of drug-likeness (QED) is 0.668. The summed E-state index contributed by atoms with van der Waals surface area (Å²) < 4.78 is 27.7. The van der Waals surface area contributed by atoms with Crippen LogP contribution in [0.4, 0.5) is 8.78 Å². The lowest BCUT2D eigenvalue weighted by molar-refractivity contribution is 0.507. The van der Waals surface area contributed by atoms with Gasteiger partial charge in [-0.2, -0.15) is 0 Å². The first-order valence-electron chi connectivity index (χ1n) is 7.26. The zero-order chi connectivity index (χ0) is 17.1. The average molecular weight is 344 g/mol. The zero-order valence-corrected chi connectivity index (χ0v) is 13.7. The normalized spacial score (nSPS) is 10.8. The molecule has 0 unspecified atom stereocenters. The molecule has 0 amide bonds. The van der Waals surface area contributed by atoms with E-state index in [4.69, 9.17) is 0 Å². The SMILES string of the molecule is Cc1ccccc1CSc1nccn(-c2ccc(F)c(F)c2)c1=O. The summed E-state index contributed by atoms with van der Waals surface area (Å²) >= 11 is 1.32. The van der Waals surface area contributed by atoms with Crippen molar-refractivity contribution in [2.75, 3.05) is 0 Å². The van der Waals surface area contributed by atoms with Crippen molar-refractivity contribution >= 4 is 11.8 Å². The molecule has 122 valence electrons. The molecular formula is C18H14F2N2OS. The molecule has 24 heavy (non-hydrogen) atoms. The third kappa shape index (κ3) is 3.38. The van der Waals surface area contributed by atoms with Crippen LogP contribution in [0.15, 0.2) is 64.7 Å². The lowest BCUT2D eigenvalue weighted by Crippen LogP contribution is -2.20. The van der Waals surface area contributed by atoms with Gasteiger partial charge in [0.2, 0.25) is 0 Å². The van der Waals surface area contributed by atoms with Gasteiger partial charge in [-0.1, -0.05) is 36.0 Å². The van der Waals surface area contributed by atoms with Gasteiger partial charge in [0, 0.05) is 24.2 Å². The molecule has 1 aromatic heterocycles. The van der Waals surface area contributed by atoms with Crippen LogP contribution in [0.25, 0.3) is 5.69 Å². The third-order valence-electron chi connectivity index (χ3n) is 3.62. The first kappa shape index (κ1) is 16.4. The van der Waals surface area contributed by atoms with Crippen LogP contribution in [0.3, 0.4) is 0 Å². The Morgan fingerprint density at radius 1 is 1.12 bits per heavy atom. The zero-order valence-electron chi connectivity index (χ0n) is 12.9. The van der Waals surface area contributed by atoms with Gasteiger partial charge in [-0.05, 0) is 30.2 Å². The second-order valence-electron chi connectivity index (χ2n) is 5.22. The standard InChI is InChI=1S/C18H14F2N2OS/c1-12-4-2-3-5-13(12)11-24-17-18(23)22(9-8-21-17)14-6-7-15(19)16(20)10-14/h2-10H,11H2,1H3. The van der Waals surface area contributed by atoms with E-state index < -0.39 is 11.6 Å². The second kappa shape index (κ2) is 6.97. The highest BCUT2D eigenvalue weighted by molar-refractivity contribution is 7.98. The maximum atomic E-state index is 13.4. The van der Waals surface area contributed by atoms with Crippen molar-refractivity contribution in [2.45, 2.75) is 17.7 Å². The van der Waals surface area contributed by atoms with Gasteiger partial charge in [-0.25, -0.2) is 13.8 Å². The number of benzene rings is 2. The molecule has 0 atom stereocenters. The Morgan fingerprint density at radius 3 is 2.67 bits per heavy atom. The maximum Gasteiger partial charge on any atom is 0.287 e. The van der Waals surface area contributed by atoms with E-state index in [0.29, 0.717) is 10.8 Å². The largest absolute Gasteiger partial charge is 0.287 e. The van der Waals surface area contributed by atoms with Gasteiger partial charge < -0.3 is 0 Å². The number of rotatable bonds is 4. The monoisotopic (exact) mass is 344 g/mol. The predicted octanol–water partition coefficient (Wildman–Crippen LogP) is 4.11. The molecule has 0 aliphatic carbocycles. The Bertz CT molecular complexity index is 940. The number of hydrogen-bond acceptors (Lipinski definition) is 3. The fourth-order valence-electron chi connectivity index (χ4n) is 2.25. The summed E-state index contributed by atoms with van der Waals surface area (Å²) in [6, 6.07) is 11.3. The number of thioether (sulfide) groups is 1. The fourth-order valence-corrected chi connectivity index (χ4v) is 3.22. The predicted molar refractivity (Wildman–Crippen MR) is 90.5 cm³/mol. The molecule has 1 heterocycles. The number of aryl methyl sites for hydroxylation is 1. The Labute approximate surface area is 142 Å². The first-order valence-corrected chi connectivity index (χ1v) is 8.25. The minimum atomic E-state index is -0.995. The van der Waals surface area contributed by atoms with Crippen LogP contribution in [0.1, 0.15) is 11.1 Å². The average Bonchev–Trinajstić information content (AvgIpc) is 2.58. The van der Waals surface area contributed by atoms with Crippen LogP contribution < -0.4 is 5.56 Å². The van der Waals surface area contributed by atoms with Gasteiger partial charge in [0.1, 0.15) is 0 Å². The van der Waals surface area contributed by atoms with Gasteiger partial charge in [0.15, 0.2) is 16.7 Å². The summed E-state index contributed by atoms with van der Waals surface area (Å²) in [5.41, 5.74) is 2.16. The molecule has 0 N–H and O–H groups in total. The van der Waals surface area contributed by atoms with Crippen LogP contribution in [0, 0.1) is 18.6 Å². The fraction of sp³-hybridized carbons (Fsp3) is 0.111. The van der Waals surface area contributed by atoms with E-state index in [0.717, 1.165) is 23.3 Å². The van der Waals surface area contributed by atoms with Crippen molar-refractivity contribution < 1.29 is 8.78 Å². The first-order chi connectivity index (χ1) is 11.6. The molecule has 3 nitrogen and oxygen atoms in total. The van der Waals surface area contributed by atoms with Gasteiger partial charge in [-0.3, -0.25) is 9.36 Å². The smallest absolute Gasteiger partial charge is 0.280 e. The van der Waals surface area contributed by atoms with Gasteiger partial charge in [-0.15, -0.1) is 0 Å². The molecule has 3 rings (SSSR count). The molecule has 0 radical (unpaired) electrons. The molecule has 3 aromatic rings. The molecule has 2 aromatic carbocycles. The van der Waals surface area contributed by atoms with E-state index in [2.05, 4.69) is 4.98 Å². The topological polar surface area (TPSA) is 34.9 Å². The van der Waals surface area contributed by atoms with Gasteiger partial charge in [0.05, 0.1) is 5.69 Å². The van der Waals surface area contributed by atoms with Crippen molar-refractivity contribution in [2.24, 2.45) is 0 Å². The van der Waals surface area contributed by atoms with Crippen LogP contribution in [-0.2, 0) is 5.75 Å². The van der Waals surface area contributed by atoms with Gasteiger partial charge in [0.25, 0.3) is 5.56 Å². The van der Waals surface area contributed by atoms with E-state index in [-0.39, 0.29) is 11.2 Å². The minimum Gasteiger partial charge on any atom is -0.280 e. The number of aromatic nitrogens is 2. The summed E-state index contributed by atoms with van der Waals surface area (Å²) in [7, 11) is 0. The molecular weight excluding hydrogens is 330 g/mol. The van der Waals surface area contributed by atoms with Crippen molar-refractivity contribution in [3.63, 3.8) is 0 Å². The number of nitrogens with zero attached hydrogens (tertiary/aromatic N) is 2. The Hall–Kier alpha value is -2.47. The van der Waals surface area contributed by atoms with Crippen LogP contribution in [-0.4, -0.2) is 9.55 Å². The molecule has 0 spiro atoms. The van der Waals surface area contributed by atoms with Crippen molar-refractivity contribution in [3.8, 4) is 5.69 Å². The second-order valence-corrected chi connectivity index (χ2v) is 6.19. The van der Waals surface area contributed by atoms with E-state index in [9.17, 15) is 13.6 Å². The van der Waals surface area contributed by atoms with Crippen molar-refractivity contribution in [1.29, 1.82) is 0 Å². The Balaban J connectivity index is 1.90. The van der Waals surface area contributed by atoms with Crippen molar-refractivity contribution in [3.05, 3.63) is 88.0 Å². The van der Waals surface area contributed by atoms with E-state index >= 15 is 0 Å². The molecule has 0 aliphatic heterocycles. The third-order valence-corrected chi connectivity index (χ3v) is 4.63. The Morgan fingerprint density at radius 2 is 1.92 bits per heavy atom. The highest BCUT2D eigenvalue weighted by Crippen LogP contribution is 2.20. The van der Waals surface area contributed by atoms with Crippen LogP contribution >= 0.6 is 11.8 Å². The van der Waals surface area contributed by atoms with Crippen molar-refractivity contribution in [1.82, 2.24) is 9.55 Å². The van der Waals surface area contributed by atoms with E-state index in [1.54, 1.807) is 0 Å². The molecule has 0 fully saturated rings. The Kier molecular flexibility index (Phi) is 4.76. The molecule has 6 heteroatoms. The maximum absolute atomic E-state index is 13.4. The molecule has 0 saturated heterocycles. The summed E-state index contributed by atoms with van der Waals surface area (Å²) in [6.07, 6.45) is 2.91. The summed E-state index contributed by atoms with van der Waals surface area (Å²) in [5.74, 6) is -1.34. The number of halogens is 2. The highest BCUT2D eigenvalue weighted by Gasteiger charge is 2.10. The molecule has 0 saturated carbocycles.